The maximum Gasteiger partial charge on any atom is 0.207 e. The van der Waals surface area contributed by atoms with Crippen molar-refractivity contribution in [3.05, 3.63) is 30.0 Å². The lowest BCUT2D eigenvalue weighted by Gasteiger charge is -2.18. The van der Waals surface area contributed by atoms with Crippen LogP contribution in [-0.2, 0) is 0 Å². The number of rotatable bonds is 7. The Morgan fingerprint density at radius 1 is 1.32 bits per heavy atom. The van der Waals surface area contributed by atoms with Crippen molar-refractivity contribution in [2.24, 2.45) is 0 Å². The molecule has 2 rings (SSSR count). The van der Waals surface area contributed by atoms with E-state index < -0.39 is 0 Å². The van der Waals surface area contributed by atoms with E-state index in [0.29, 0.717) is 37.0 Å². The van der Waals surface area contributed by atoms with Crippen LogP contribution < -0.4 is 9.64 Å². The molecule has 0 unspecified atom stereocenters. The fourth-order valence-electron chi connectivity index (χ4n) is 2.13. The van der Waals surface area contributed by atoms with E-state index in [9.17, 15) is 5.26 Å². The van der Waals surface area contributed by atoms with Gasteiger partial charge >= 0.3 is 0 Å². The van der Waals surface area contributed by atoms with E-state index in [1.807, 2.05) is 43.0 Å². The second kappa shape index (κ2) is 7.43. The topological polar surface area (TPSA) is 87.2 Å². The minimum Gasteiger partial charge on any atom is -0.492 e. The lowest BCUT2D eigenvalue weighted by Crippen LogP contribution is -2.27. The SMILES string of the molecule is CCOc1ccccc1-n1nc(C#N)c(N(CC)CCO)n1. The molecule has 0 spiro atoms. The van der Waals surface area contributed by atoms with Crippen molar-refractivity contribution in [1.29, 1.82) is 5.26 Å². The fraction of sp³-hybridized carbons (Fsp3) is 0.400. The average Bonchev–Trinajstić information content (AvgIpc) is 2.97. The van der Waals surface area contributed by atoms with Crippen LogP contribution in [0.5, 0.6) is 5.75 Å². The summed E-state index contributed by atoms with van der Waals surface area (Å²) in [6, 6.07) is 9.44. The lowest BCUT2D eigenvalue weighted by molar-refractivity contribution is 0.302. The molecule has 1 heterocycles. The molecule has 116 valence electrons. The van der Waals surface area contributed by atoms with E-state index >= 15 is 0 Å². The van der Waals surface area contributed by atoms with Crippen LogP contribution in [0.3, 0.4) is 0 Å². The van der Waals surface area contributed by atoms with Gasteiger partial charge in [0.05, 0.1) is 13.2 Å². The van der Waals surface area contributed by atoms with E-state index in [4.69, 9.17) is 9.84 Å². The van der Waals surface area contributed by atoms with Gasteiger partial charge in [0.15, 0.2) is 5.82 Å². The Morgan fingerprint density at radius 3 is 2.73 bits per heavy atom. The maximum absolute atomic E-state index is 9.28. The summed E-state index contributed by atoms with van der Waals surface area (Å²) in [5.41, 5.74) is 0.897. The molecule has 0 aliphatic carbocycles. The maximum atomic E-state index is 9.28. The highest BCUT2D eigenvalue weighted by Gasteiger charge is 2.18. The van der Waals surface area contributed by atoms with E-state index in [1.54, 1.807) is 0 Å². The Kier molecular flexibility index (Phi) is 5.33. The van der Waals surface area contributed by atoms with Crippen molar-refractivity contribution < 1.29 is 9.84 Å². The molecule has 0 bridgehead atoms. The van der Waals surface area contributed by atoms with Crippen molar-refractivity contribution in [3.8, 4) is 17.5 Å². The van der Waals surface area contributed by atoms with Crippen molar-refractivity contribution in [2.75, 3.05) is 31.2 Å². The van der Waals surface area contributed by atoms with Gasteiger partial charge in [-0.2, -0.15) is 5.26 Å². The van der Waals surface area contributed by atoms with Gasteiger partial charge in [-0.15, -0.1) is 15.0 Å². The third-order valence-corrected chi connectivity index (χ3v) is 3.13. The Labute approximate surface area is 129 Å². The van der Waals surface area contributed by atoms with E-state index in [1.165, 1.54) is 4.80 Å². The molecule has 2 aromatic rings. The normalized spacial score (nSPS) is 10.3. The summed E-state index contributed by atoms with van der Waals surface area (Å²) in [6.45, 7) is 5.38. The quantitative estimate of drug-likeness (QED) is 0.830. The number of anilines is 1. The highest BCUT2D eigenvalue weighted by atomic mass is 16.5. The van der Waals surface area contributed by atoms with Gasteiger partial charge in [-0.1, -0.05) is 12.1 Å². The molecule has 7 heteroatoms. The van der Waals surface area contributed by atoms with Gasteiger partial charge in [0.25, 0.3) is 0 Å². The Bertz CT molecular complexity index is 662. The summed E-state index contributed by atoms with van der Waals surface area (Å²) in [6.07, 6.45) is 0. The van der Waals surface area contributed by atoms with Gasteiger partial charge in [0.2, 0.25) is 5.69 Å². The number of ether oxygens (including phenoxy) is 1. The van der Waals surface area contributed by atoms with Crippen LogP contribution in [-0.4, -0.2) is 46.4 Å². The Balaban J connectivity index is 2.46. The molecule has 0 fully saturated rings. The number of hydrogen-bond donors (Lipinski definition) is 1. The predicted molar refractivity (Wildman–Crippen MR) is 82.2 cm³/mol. The molecule has 7 nitrogen and oxygen atoms in total. The zero-order valence-corrected chi connectivity index (χ0v) is 12.7. The van der Waals surface area contributed by atoms with Crippen LogP contribution in [0.4, 0.5) is 5.82 Å². The lowest BCUT2D eigenvalue weighted by atomic mass is 10.3. The second-order valence-electron chi connectivity index (χ2n) is 4.48. The third-order valence-electron chi connectivity index (χ3n) is 3.13. The molecule has 0 amide bonds. The van der Waals surface area contributed by atoms with E-state index in [2.05, 4.69) is 16.3 Å². The van der Waals surface area contributed by atoms with Gasteiger partial charge in [-0.05, 0) is 26.0 Å². The molecule has 0 radical (unpaired) electrons. The van der Waals surface area contributed by atoms with Crippen molar-refractivity contribution in [1.82, 2.24) is 15.0 Å². The summed E-state index contributed by atoms with van der Waals surface area (Å²) < 4.78 is 5.57. The van der Waals surface area contributed by atoms with Crippen LogP contribution >= 0.6 is 0 Å². The smallest absolute Gasteiger partial charge is 0.207 e. The largest absolute Gasteiger partial charge is 0.492 e. The van der Waals surface area contributed by atoms with Gasteiger partial charge in [-0.3, -0.25) is 0 Å². The van der Waals surface area contributed by atoms with E-state index in [-0.39, 0.29) is 12.3 Å². The highest BCUT2D eigenvalue weighted by Crippen LogP contribution is 2.24. The first-order valence-electron chi connectivity index (χ1n) is 7.20. The number of aliphatic hydroxyl groups is 1. The number of likely N-dealkylation sites (N-methyl/N-ethyl adjacent to an activating group) is 1. The van der Waals surface area contributed by atoms with Gasteiger partial charge in [-0.25, -0.2) is 0 Å². The minimum absolute atomic E-state index is 0.0128. The number of aromatic nitrogens is 3. The molecule has 0 aliphatic heterocycles. The average molecular weight is 301 g/mol. The molecule has 1 N–H and O–H groups in total. The standard InChI is InChI=1S/C15H19N5O2/c1-3-19(9-10-21)15-12(11-16)17-20(18-15)13-7-5-6-8-14(13)22-4-2/h5-8,21H,3-4,9-10H2,1-2H3. The molecule has 22 heavy (non-hydrogen) atoms. The summed E-state index contributed by atoms with van der Waals surface area (Å²) >= 11 is 0. The molecule has 0 saturated carbocycles. The van der Waals surface area contributed by atoms with Crippen molar-refractivity contribution >= 4 is 5.82 Å². The zero-order valence-electron chi connectivity index (χ0n) is 12.7. The Morgan fingerprint density at radius 2 is 2.09 bits per heavy atom. The number of nitriles is 1. The second-order valence-corrected chi connectivity index (χ2v) is 4.48. The zero-order chi connectivity index (χ0) is 15.9. The van der Waals surface area contributed by atoms with Crippen LogP contribution in [0.2, 0.25) is 0 Å². The number of aliphatic hydroxyl groups excluding tert-OH is 1. The van der Waals surface area contributed by atoms with Crippen molar-refractivity contribution in [2.45, 2.75) is 13.8 Å². The number of benzene rings is 1. The monoisotopic (exact) mass is 301 g/mol. The molecule has 0 atom stereocenters. The Hall–Kier alpha value is -2.59. The fourth-order valence-corrected chi connectivity index (χ4v) is 2.13. The molecule has 1 aromatic heterocycles. The predicted octanol–water partition coefficient (Wildman–Crippen LogP) is 1.36. The van der Waals surface area contributed by atoms with Gasteiger partial charge in [0, 0.05) is 13.1 Å². The van der Waals surface area contributed by atoms with Crippen LogP contribution in [0, 0.1) is 11.3 Å². The minimum atomic E-state index is -0.0128. The van der Waals surface area contributed by atoms with Crippen LogP contribution in [0.1, 0.15) is 19.5 Å². The summed E-state index contributed by atoms with van der Waals surface area (Å²) in [7, 11) is 0. The summed E-state index contributed by atoms with van der Waals surface area (Å²) in [4.78, 5) is 3.21. The number of hydrogen-bond acceptors (Lipinski definition) is 6. The third kappa shape index (κ3) is 3.18. The van der Waals surface area contributed by atoms with E-state index in [0.717, 1.165) is 0 Å². The first kappa shape index (κ1) is 15.8. The van der Waals surface area contributed by atoms with Crippen molar-refractivity contribution in [3.63, 3.8) is 0 Å². The molecule has 0 saturated heterocycles. The summed E-state index contributed by atoms with van der Waals surface area (Å²) in [5, 5.41) is 27.0. The van der Waals surface area contributed by atoms with Crippen LogP contribution in [0.15, 0.2) is 24.3 Å². The van der Waals surface area contributed by atoms with Crippen LogP contribution in [0.25, 0.3) is 5.69 Å². The van der Waals surface area contributed by atoms with Gasteiger partial charge in [0.1, 0.15) is 17.5 Å². The molecular formula is C15H19N5O2. The molecular weight excluding hydrogens is 282 g/mol. The first-order valence-corrected chi connectivity index (χ1v) is 7.20. The molecule has 1 aromatic carbocycles. The highest BCUT2D eigenvalue weighted by molar-refractivity contribution is 5.52. The number of nitrogens with zero attached hydrogens (tertiary/aromatic N) is 5. The number of para-hydroxylation sites is 2. The van der Waals surface area contributed by atoms with Gasteiger partial charge < -0.3 is 14.7 Å². The first-order chi connectivity index (χ1) is 10.7. The molecule has 0 aliphatic rings. The summed E-state index contributed by atoms with van der Waals surface area (Å²) in [5.74, 6) is 1.12.